The minimum absolute atomic E-state index is 0.0295. The highest BCUT2D eigenvalue weighted by Gasteiger charge is 2.25. The van der Waals surface area contributed by atoms with Gasteiger partial charge in [0.2, 0.25) is 0 Å². The Morgan fingerprint density at radius 3 is 2.52 bits per heavy atom. The molecule has 130 valence electrons. The van der Waals surface area contributed by atoms with Crippen molar-refractivity contribution >= 4 is 11.6 Å². The summed E-state index contributed by atoms with van der Waals surface area (Å²) in [5, 5.41) is 23.2. The van der Waals surface area contributed by atoms with E-state index in [0.29, 0.717) is 29.9 Å². The SMILES string of the molecule is O=C(NC1CCC(O)C1)c1ccccc1Oc1ccc([N+](=O)[O-])cc1. The van der Waals surface area contributed by atoms with Crippen molar-refractivity contribution in [1.82, 2.24) is 5.32 Å². The predicted octanol–water partition coefficient (Wildman–Crippen LogP) is 3.03. The number of nitro groups is 1. The normalized spacial score (nSPS) is 19.4. The molecule has 0 aromatic heterocycles. The van der Waals surface area contributed by atoms with Gasteiger partial charge in [-0.1, -0.05) is 12.1 Å². The molecule has 25 heavy (non-hydrogen) atoms. The number of aliphatic hydroxyl groups is 1. The number of nitrogens with zero attached hydrogens (tertiary/aromatic N) is 1. The lowest BCUT2D eigenvalue weighted by Crippen LogP contribution is -2.33. The molecule has 0 radical (unpaired) electrons. The zero-order chi connectivity index (χ0) is 17.8. The fourth-order valence-corrected chi connectivity index (χ4v) is 2.86. The molecule has 1 amide bonds. The van der Waals surface area contributed by atoms with Crippen LogP contribution in [-0.4, -0.2) is 28.1 Å². The van der Waals surface area contributed by atoms with Crippen molar-refractivity contribution in [3.8, 4) is 11.5 Å². The Kier molecular flexibility index (Phi) is 4.95. The van der Waals surface area contributed by atoms with E-state index < -0.39 is 4.92 Å². The van der Waals surface area contributed by atoms with Gasteiger partial charge in [-0.05, 0) is 43.5 Å². The first kappa shape index (κ1) is 16.9. The van der Waals surface area contributed by atoms with E-state index in [2.05, 4.69) is 5.32 Å². The number of amides is 1. The molecular weight excluding hydrogens is 324 g/mol. The van der Waals surface area contributed by atoms with E-state index in [0.717, 1.165) is 6.42 Å². The number of hydrogen-bond donors (Lipinski definition) is 2. The second kappa shape index (κ2) is 7.31. The molecule has 0 heterocycles. The molecule has 7 heteroatoms. The van der Waals surface area contributed by atoms with Crippen molar-refractivity contribution in [3.63, 3.8) is 0 Å². The summed E-state index contributed by atoms with van der Waals surface area (Å²) >= 11 is 0. The van der Waals surface area contributed by atoms with E-state index in [1.54, 1.807) is 24.3 Å². The number of nitro benzene ring substituents is 1. The Morgan fingerprint density at radius 1 is 1.16 bits per heavy atom. The molecule has 3 rings (SSSR count). The maximum atomic E-state index is 12.5. The zero-order valence-electron chi connectivity index (χ0n) is 13.4. The number of ether oxygens (including phenoxy) is 1. The number of carbonyl (C=O) groups is 1. The standard InChI is InChI=1S/C18H18N2O5/c21-14-8-5-12(11-14)19-18(22)16-3-1-2-4-17(16)25-15-9-6-13(7-10-15)20(23)24/h1-4,6-7,9-10,12,14,21H,5,8,11H2,(H,19,22). The molecule has 0 spiro atoms. The van der Waals surface area contributed by atoms with E-state index in [-0.39, 0.29) is 23.7 Å². The minimum Gasteiger partial charge on any atom is -0.457 e. The van der Waals surface area contributed by atoms with Crippen molar-refractivity contribution in [3.05, 3.63) is 64.2 Å². The lowest BCUT2D eigenvalue weighted by Gasteiger charge is -2.15. The van der Waals surface area contributed by atoms with Crippen LogP contribution in [-0.2, 0) is 0 Å². The first-order valence-corrected chi connectivity index (χ1v) is 8.03. The lowest BCUT2D eigenvalue weighted by molar-refractivity contribution is -0.384. The van der Waals surface area contributed by atoms with Gasteiger partial charge in [-0.25, -0.2) is 0 Å². The van der Waals surface area contributed by atoms with Crippen LogP contribution in [0.5, 0.6) is 11.5 Å². The number of rotatable bonds is 5. The Labute approximate surface area is 144 Å². The van der Waals surface area contributed by atoms with Crippen LogP contribution >= 0.6 is 0 Å². The van der Waals surface area contributed by atoms with Crippen molar-refractivity contribution in [1.29, 1.82) is 0 Å². The van der Waals surface area contributed by atoms with Crippen molar-refractivity contribution in [2.45, 2.75) is 31.4 Å². The molecule has 0 bridgehead atoms. The molecule has 2 aromatic carbocycles. The Bertz CT molecular complexity index is 775. The third-order valence-electron chi connectivity index (χ3n) is 4.15. The Hall–Kier alpha value is -2.93. The van der Waals surface area contributed by atoms with Gasteiger partial charge in [0.15, 0.2) is 0 Å². The number of carbonyl (C=O) groups excluding carboxylic acids is 1. The Balaban J connectivity index is 1.74. The predicted molar refractivity (Wildman–Crippen MR) is 90.7 cm³/mol. The summed E-state index contributed by atoms with van der Waals surface area (Å²) in [6.07, 6.45) is 1.62. The minimum atomic E-state index is -0.485. The molecule has 1 fully saturated rings. The summed E-state index contributed by atoms with van der Waals surface area (Å²) in [6, 6.07) is 12.4. The van der Waals surface area contributed by atoms with Gasteiger partial charge in [-0.3, -0.25) is 14.9 Å². The summed E-state index contributed by atoms with van der Waals surface area (Å²) in [6.45, 7) is 0. The van der Waals surface area contributed by atoms with Gasteiger partial charge in [-0.15, -0.1) is 0 Å². The molecule has 2 atom stereocenters. The molecule has 2 aromatic rings. The van der Waals surface area contributed by atoms with Crippen LogP contribution in [0.1, 0.15) is 29.6 Å². The van der Waals surface area contributed by atoms with Crippen molar-refractivity contribution < 1.29 is 19.6 Å². The first-order valence-electron chi connectivity index (χ1n) is 8.03. The van der Waals surface area contributed by atoms with Crippen LogP contribution in [0.15, 0.2) is 48.5 Å². The van der Waals surface area contributed by atoms with Crippen molar-refractivity contribution in [2.24, 2.45) is 0 Å². The molecule has 7 nitrogen and oxygen atoms in total. The number of benzene rings is 2. The van der Waals surface area contributed by atoms with Crippen LogP contribution in [0, 0.1) is 10.1 Å². The molecule has 1 aliphatic carbocycles. The first-order chi connectivity index (χ1) is 12.0. The van der Waals surface area contributed by atoms with Crippen LogP contribution in [0.2, 0.25) is 0 Å². The van der Waals surface area contributed by atoms with E-state index in [1.807, 2.05) is 0 Å². The summed E-state index contributed by atoms with van der Waals surface area (Å²) in [5.41, 5.74) is 0.348. The van der Waals surface area contributed by atoms with E-state index >= 15 is 0 Å². The Morgan fingerprint density at radius 2 is 1.88 bits per heavy atom. The van der Waals surface area contributed by atoms with Gasteiger partial charge in [0.1, 0.15) is 11.5 Å². The third-order valence-corrected chi connectivity index (χ3v) is 4.15. The lowest BCUT2D eigenvalue weighted by atomic mass is 10.1. The molecule has 0 aliphatic heterocycles. The second-order valence-electron chi connectivity index (χ2n) is 5.99. The highest BCUT2D eigenvalue weighted by Crippen LogP contribution is 2.27. The molecule has 0 saturated heterocycles. The average Bonchev–Trinajstić information content (AvgIpc) is 3.00. The number of nitrogens with one attached hydrogen (secondary N) is 1. The van der Waals surface area contributed by atoms with Crippen molar-refractivity contribution in [2.75, 3.05) is 0 Å². The van der Waals surface area contributed by atoms with E-state index in [4.69, 9.17) is 4.74 Å². The maximum absolute atomic E-state index is 12.5. The maximum Gasteiger partial charge on any atom is 0.269 e. The molecule has 1 aliphatic rings. The molecule has 2 N–H and O–H groups in total. The topological polar surface area (TPSA) is 102 Å². The monoisotopic (exact) mass is 342 g/mol. The van der Waals surface area contributed by atoms with Gasteiger partial charge in [0.05, 0.1) is 16.6 Å². The highest BCUT2D eigenvalue weighted by molar-refractivity contribution is 5.97. The van der Waals surface area contributed by atoms with Gasteiger partial charge < -0.3 is 15.2 Å². The molecule has 2 unspecified atom stereocenters. The molecule has 1 saturated carbocycles. The van der Waals surface area contributed by atoms with E-state index in [1.165, 1.54) is 24.3 Å². The fraction of sp³-hybridized carbons (Fsp3) is 0.278. The zero-order valence-corrected chi connectivity index (χ0v) is 13.4. The number of aliphatic hydroxyl groups excluding tert-OH is 1. The van der Waals surface area contributed by atoms with Gasteiger partial charge in [-0.2, -0.15) is 0 Å². The van der Waals surface area contributed by atoms with Gasteiger partial charge in [0.25, 0.3) is 11.6 Å². The number of non-ortho nitro benzene ring substituents is 1. The van der Waals surface area contributed by atoms with Crippen LogP contribution in [0.4, 0.5) is 5.69 Å². The smallest absolute Gasteiger partial charge is 0.269 e. The third kappa shape index (κ3) is 4.13. The largest absolute Gasteiger partial charge is 0.457 e. The fourth-order valence-electron chi connectivity index (χ4n) is 2.86. The van der Waals surface area contributed by atoms with Gasteiger partial charge >= 0.3 is 0 Å². The summed E-state index contributed by atoms with van der Waals surface area (Å²) in [5.74, 6) is 0.506. The summed E-state index contributed by atoms with van der Waals surface area (Å²) in [7, 11) is 0. The van der Waals surface area contributed by atoms with E-state index in [9.17, 15) is 20.0 Å². The number of hydrogen-bond acceptors (Lipinski definition) is 5. The summed E-state index contributed by atoms with van der Waals surface area (Å²) in [4.78, 5) is 22.7. The number of para-hydroxylation sites is 1. The van der Waals surface area contributed by atoms with Gasteiger partial charge in [0, 0.05) is 18.2 Å². The van der Waals surface area contributed by atoms with Crippen LogP contribution in [0.3, 0.4) is 0 Å². The van der Waals surface area contributed by atoms with Crippen LogP contribution in [0.25, 0.3) is 0 Å². The summed E-state index contributed by atoms with van der Waals surface area (Å²) < 4.78 is 5.72. The molecular formula is C18H18N2O5. The van der Waals surface area contributed by atoms with Crippen LogP contribution < -0.4 is 10.1 Å². The average molecular weight is 342 g/mol. The highest BCUT2D eigenvalue weighted by atomic mass is 16.6. The quantitative estimate of drug-likeness (QED) is 0.642. The second-order valence-corrected chi connectivity index (χ2v) is 5.99.